The van der Waals surface area contributed by atoms with Crippen molar-refractivity contribution in [1.82, 2.24) is 0 Å². The SMILES string of the molecule is CC(C)(C)c1cc(CCCCN)cc(OC(F)(F)F)c1. The normalized spacial score (nSPS) is 12.6. The zero-order valence-electron chi connectivity index (χ0n) is 12.2. The van der Waals surface area contributed by atoms with Crippen LogP contribution in [0.1, 0.15) is 44.7 Å². The van der Waals surface area contributed by atoms with Crippen LogP contribution >= 0.6 is 0 Å². The van der Waals surface area contributed by atoms with Crippen LogP contribution in [0.3, 0.4) is 0 Å². The molecule has 1 aromatic carbocycles. The lowest BCUT2D eigenvalue weighted by Crippen LogP contribution is -2.18. The van der Waals surface area contributed by atoms with E-state index >= 15 is 0 Å². The highest BCUT2D eigenvalue weighted by atomic mass is 19.4. The quantitative estimate of drug-likeness (QED) is 0.826. The molecule has 0 saturated heterocycles. The van der Waals surface area contributed by atoms with E-state index < -0.39 is 6.36 Å². The highest BCUT2D eigenvalue weighted by Gasteiger charge is 2.31. The minimum Gasteiger partial charge on any atom is -0.406 e. The van der Waals surface area contributed by atoms with Gasteiger partial charge in [0.2, 0.25) is 0 Å². The van der Waals surface area contributed by atoms with E-state index in [0.717, 1.165) is 24.0 Å². The summed E-state index contributed by atoms with van der Waals surface area (Å²) in [5, 5.41) is 0. The first-order valence-electron chi connectivity index (χ1n) is 6.72. The van der Waals surface area contributed by atoms with Crippen LogP contribution in [0.4, 0.5) is 13.2 Å². The predicted octanol–water partition coefficient (Wildman–Crippen LogP) is 4.16. The van der Waals surface area contributed by atoms with Gasteiger partial charge in [0, 0.05) is 0 Å². The first-order valence-corrected chi connectivity index (χ1v) is 6.72. The summed E-state index contributed by atoms with van der Waals surface area (Å²) >= 11 is 0. The van der Waals surface area contributed by atoms with Gasteiger partial charge in [-0.05, 0) is 54.5 Å². The van der Waals surface area contributed by atoms with Crippen molar-refractivity contribution in [2.45, 2.75) is 51.8 Å². The van der Waals surface area contributed by atoms with Crippen LogP contribution in [-0.2, 0) is 11.8 Å². The van der Waals surface area contributed by atoms with Gasteiger partial charge in [0.25, 0.3) is 0 Å². The van der Waals surface area contributed by atoms with Crippen LogP contribution in [0.2, 0.25) is 0 Å². The van der Waals surface area contributed by atoms with E-state index in [9.17, 15) is 13.2 Å². The summed E-state index contributed by atoms with van der Waals surface area (Å²) in [6.45, 7) is 6.47. The number of hydrogen-bond acceptors (Lipinski definition) is 2. The van der Waals surface area contributed by atoms with Crippen LogP contribution in [0.5, 0.6) is 5.75 Å². The van der Waals surface area contributed by atoms with Crippen molar-refractivity contribution in [3.8, 4) is 5.75 Å². The molecule has 2 nitrogen and oxygen atoms in total. The molecule has 0 aliphatic rings. The molecule has 0 bridgehead atoms. The summed E-state index contributed by atoms with van der Waals surface area (Å²) in [5.74, 6) is -0.146. The average Bonchev–Trinajstić information content (AvgIpc) is 2.25. The summed E-state index contributed by atoms with van der Waals surface area (Å²) in [6, 6.07) is 4.86. The summed E-state index contributed by atoms with van der Waals surface area (Å²) < 4.78 is 41.2. The van der Waals surface area contributed by atoms with Crippen LogP contribution in [0.25, 0.3) is 0 Å². The second-order valence-corrected chi connectivity index (χ2v) is 5.91. The van der Waals surface area contributed by atoms with Gasteiger partial charge in [-0.3, -0.25) is 0 Å². The highest BCUT2D eigenvalue weighted by Crippen LogP contribution is 2.31. The third kappa shape index (κ3) is 5.82. The van der Waals surface area contributed by atoms with Crippen LogP contribution in [0, 0.1) is 0 Å². The maximum Gasteiger partial charge on any atom is 0.573 e. The Balaban J connectivity index is 3.02. The van der Waals surface area contributed by atoms with Crippen molar-refractivity contribution in [2.24, 2.45) is 5.73 Å². The van der Waals surface area contributed by atoms with Gasteiger partial charge in [-0.2, -0.15) is 0 Å². The van der Waals surface area contributed by atoms with E-state index in [2.05, 4.69) is 4.74 Å². The molecule has 1 aromatic rings. The Kier molecular flexibility index (Phi) is 5.45. The third-order valence-corrected chi connectivity index (χ3v) is 2.99. The molecule has 0 atom stereocenters. The molecule has 0 amide bonds. The summed E-state index contributed by atoms with van der Waals surface area (Å²) in [7, 11) is 0. The zero-order chi connectivity index (χ0) is 15.4. The van der Waals surface area contributed by atoms with Crippen molar-refractivity contribution < 1.29 is 17.9 Å². The largest absolute Gasteiger partial charge is 0.573 e. The maximum absolute atomic E-state index is 12.4. The second-order valence-electron chi connectivity index (χ2n) is 5.91. The van der Waals surface area contributed by atoms with Crippen molar-refractivity contribution in [3.63, 3.8) is 0 Å². The summed E-state index contributed by atoms with van der Waals surface area (Å²) in [6.07, 6.45) is -2.24. The van der Waals surface area contributed by atoms with E-state index in [1.807, 2.05) is 26.8 Å². The minimum absolute atomic E-state index is 0.146. The Labute approximate surface area is 118 Å². The molecule has 0 spiro atoms. The maximum atomic E-state index is 12.4. The van der Waals surface area contributed by atoms with Gasteiger partial charge in [0.15, 0.2) is 0 Å². The van der Waals surface area contributed by atoms with Crippen molar-refractivity contribution >= 4 is 0 Å². The molecule has 5 heteroatoms. The summed E-state index contributed by atoms with van der Waals surface area (Å²) in [5.41, 5.74) is 6.89. The molecule has 0 radical (unpaired) electrons. The lowest BCUT2D eigenvalue weighted by Gasteiger charge is -2.21. The van der Waals surface area contributed by atoms with Crippen LogP contribution < -0.4 is 10.5 Å². The average molecular weight is 289 g/mol. The molecule has 0 aliphatic heterocycles. The Morgan fingerprint density at radius 1 is 1.05 bits per heavy atom. The topological polar surface area (TPSA) is 35.2 Å². The molecule has 114 valence electrons. The van der Waals surface area contributed by atoms with E-state index in [4.69, 9.17) is 5.73 Å². The number of halogens is 3. The number of hydrogen-bond donors (Lipinski definition) is 1. The zero-order valence-corrected chi connectivity index (χ0v) is 12.2. The third-order valence-electron chi connectivity index (χ3n) is 2.99. The molecule has 0 saturated carbocycles. The molecular formula is C15H22F3NO. The smallest absolute Gasteiger partial charge is 0.406 e. The Bertz CT molecular complexity index is 436. The number of unbranched alkanes of at least 4 members (excludes halogenated alkanes) is 1. The Morgan fingerprint density at radius 3 is 2.20 bits per heavy atom. The summed E-state index contributed by atoms with van der Waals surface area (Å²) in [4.78, 5) is 0. The fraction of sp³-hybridized carbons (Fsp3) is 0.600. The van der Waals surface area contributed by atoms with E-state index in [1.165, 1.54) is 12.1 Å². The van der Waals surface area contributed by atoms with Crippen LogP contribution in [0.15, 0.2) is 18.2 Å². The van der Waals surface area contributed by atoms with Gasteiger partial charge in [-0.25, -0.2) is 0 Å². The number of ether oxygens (including phenoxy) is 1. The fourth-order valence-corrected chi connectivity index (χ4v) is 1.90. The molecule has 20 heavy (non-hydrogen) atoms. The van der Waals surface area contributed by atoms with E-state index in [0.29, 0.717) is 13.0 Å². The Morgan fingerprint density at radius 2 is 1.70 bits per heavy atom. The lowest BCUT2D eigenvalue weighted by molar-refractivity contribution is -0.274. The number of aryl methyl sites for hydroxylation is 1. The van der Waals surface area contributed by atoms with Crippen molar-refractivity contribution in [1.29, 1.82) is 0 Å². The number of alkyl halides is 3. The van der Waals surface area contributed by atoms with Crippen molar-refractivity contribution in [2.75, 3.05) is 6.54 Å². The fourth-order valence-electron chi connectivity index (χ4n) is 1.90. The standard InChI is InChI=1S/C15H22F3NO/c1-14(2,3)12-8-11(6-4-5-7-19)9-13(10-12)20-15(16,17)18/h8-10H,4-7,19H2,1-3H3. The highest BCUT2D eigenvalue weighted by molar-refractivity contribution is 5.38. The number of rotatable bonds is 5. The van der Waals surface area contributed by atoms with Gasteiger partial charge >= 0.3 is 6.36 Å². The molecule has 0 aromatic heterocycles. The monoisotopic (exact) mass is 289 g/mol. The van der Waals surface area contributed by atoms with Gasteiger partial charge in [0.05, 0.1) is 0 Å². The molecule has 2 N–H and O–H groups in total. The number of nitrogens with two attached hydrogens (primary N) is 1. The van der Waals surface area contributed by atoms with Gasteiger partial charge in [0.1, 0.15) is 5.75 Å². The van der Waals surface area contributed by atoms with Gasteiger partial charge in [-0.1, -0.05) is 26.8 Å². The predicted molar refractivity (Wildman–Crippen MR) is 73.8 cm³/mol. The van der Waals surface area contributed by atoms with Crippen molar-refractivity contribution in [3.05, 3.63) is 29.3 Å². The first-order chi connectivity index (χ1) is 9.12. The lowest BCUT2D eigenvalue weighted by atomic mass is 9.85. The molecule has 0 fully saturated rings. The second kappa shape index (κ2) is 6.48. The molecule has 1 rings (SSSR count). The van der Waals surface area contributed by atoms with Gasteiger partial charge < -0.3 is 10.5 Å². The molecular weight excluding hydrogens is 267 g/mol. The van der Waals surface area contributed by atoms with E-state index in [-0.39, 0.29) is 11.2 Å². The minimum atomic E-state index is -4.66. The van der Waals surface area contributed by atoms with Gasteiger partial charge in [-0.15, -0.1) is 13.2 Å². The van der Waals surface area contributed by atoms with Crippen LogP contribution in [-0.4, -0.2) is 12.9 Å². The number of benzene rings is 1. The Hall–Kier alpha value is -1.23. The van der Waals surface area contributed by atoms with E-state index in [1.54, 1.807) is 0 Å². The molecule has 0 heterocycles. The molecule has 0 unspecified atom stereocenters. The first kappa shape index (κ1) is 16.8. The molecule has 0 aliphatic carbocycles.